The largest absolute Gasteiger partial charge is 0.493 e. The Bertz CT molecular complexity index is 1770. The highest BCUT2D eigenvalue weighted by Crippen LogP contribution is 2.43. The zero-order chi connectivity index (χ0) is 35.3. The summed E-state index contributed by atoms with van der Waals surface area (Å²) >= 11 is 12.9. The molecule has 1 unspecified atom stereocenters. The Kier molecular flexibility index (Phi) is 11.6. The van der Waals surface area contributed by atoms with Crippen LogP contribution < -0.4 is 19.5 Å². The van der Waals surface area contributed by atoms with Crippen LogP contribution in [0.2, 0.25) is 10.0 Å². The number of carbonyl (C=O) groups excluding carboxylic acids is 1. The Balaban J connectivity index is 1.14. The molecule has 268 valence electrons. The van der Waals surface area contributed by atoms with E-state index in [2.05, 4.69) is 39.0 Å². The lowest BCUT2D eigenvalue weighted by Crippen LogP contribution is -2.42. The average molecular weight is 725 g/mol. The number of methoxy groups -OCH3 is 3. The second-order valence-electron chi connectivity index (χ2n) is 13.1. The number of benzene rings is 3. The summed E-state index contributed by atoms with van der Waals surface area (Å²) in [5, 5.41) is 4.81. The Hall–Kier alpha value is -3.70. The quantitative estimate of drug-likeness (QED) is 0.137. The van der Waals surface area contributed by atoms with E-state index in [0.717, 1.165) is 74.4 Å². The molecule has 0 aliphatic carbocycles. The molecule has 6 rings (SSSR count). The third kappa shape index (κ3) is 7.64. The van der Waals surface area contributed by atoms with Gasteiger partial charge in [0.2, 0.25) is 11.7 Å². The predicted octanol–water partition coefficient (Wildman–Crippen LogP) is 7.16. The standard InChI is InChI=1S/C38H47Cl2N5O5/c1-5-50-21-20-45-32-9-7-6-8-31(32)42-37(45)41-28-12-16-43(17-13-28)18-14-38(27-10-11-29(39)30(40)24-27)15-19-44(25-38)36(46)26-22-33(47-2)35(49-4)34(23-26)48-3/h6-11,22-24,28H,5,12-21,25H2,1-4H3,(H,41,42). The van der Waals surface area contributed by atoms with Crippen molar-refractivity contribution in [2.24, 2.45) is 0 Å². The number of amides is 1. The van der Waals surface area contributed by atoms with Gasteiger partial charge in [-0.15, -0.1) is 0 Å². The summed E-state index contributed by atoms with van der Waals surface area (Å²) in [5.74, 6) is 2.19. The van der Waals surface area contributed by atoms with Crippen LogP contribution in [0, 0.1) is 0 Å². The van der Waals surface area contributed by atoms with Gasteiger partial charge in [0.25, 0.3) is 5.91 Å². The maximum absolute atomic E-state index is 14.0. The van der Waals surface area contributed by atoms with Gasteiger partial charge in [-0.05, 0) is 81.1 Å². The molecule has 3 aromatic carbocycles. The first-order valence-corrected chi connectivity index (χ1v) is 18.1. The normalized spacial score (nSPS) is 18.5. The molecule has 2 aliphatic heterocycles. The summed E-state index contributed by atoms with van der Waals surface area (Å²) in [6, 6.07) is 17.9. The van der Waals surface area contributed by atoms with Crippen molar-refractivity contribution in [2.45, 2.75) is 50.6 Å². The number of carbonyl (C=O) groups is 1. The van der Waals surface area contributed by atoms with Crippen LogP contribution in [0.5, 0.6) is 17.2 Å². The molecule has 1 N–H and O–H groups in total. The van der Waals surface area contributed by atoms with E-state index in [9.17, 15) is 4.79 Å². The van der Waals surface area contributed by atoms with Crippen molar-refractivity contribution in [1.29, 1.82) is 0 Å². The van der Waals surface area contributed by atoms with Crippen LogP contribution in [0.1, 0.15) is 48.5 Å². The molecule has 1 amide bonds. The van der Waals surface area contributed by atoms with Gasteiger partial charge >= 0.3 is 0 Å². The SMILES string of the molecule is CCOCCn1c(NC2CCN(CCC3(c4ccc(Cl)c(Cl)c4)CCN(C(=O)c4cc(OC)c(OC)c(OC)c4)C3)CC2)nc2ccccc21. The number of nitrogens with one attached hydrogen (secondary N) is 1. The second kappa shape index (κ2) is 16.1. The predicted molar refractivity (Wildman–Crippen MR) is 199 cm³/mol. The number of para-hydroxylation sites is 2. The molecule has 0 radical (unpaired) electrons. The molecule has 0 saturated carbocycles. The van der Waals surface area contributed by atoms with E-state index < -0.39 is 0 Å². The minimum Gasteiger partial charge on any atom is -0.493 e. The van der Waals surface area contributed by atoms with Gasteiger partial charge in [0.1, 0.15) is 0 Å². The monoisotopic (exact) mass is 723 g/mol. The van der Waals surface area contributed by atoms with E-state index in [1.54, 1.807) is 33.5 Å². The average Bonchev–Trinajstić information content (AvgIpc) is 3.74. The molecule has 2 fully saturated rings. The summed E-state index contributed by atoms with van der Waals surface area (Å²) < 4.78 is 24.4. The highest BCUT2D eigenvalue weighted by molar-refractivity contribution is 6.42. The van der Waals surface area contributed by atoms with Gasteiger partial charge in [-0.2, -0.15) is 0 Å². The minimum atomic E-state index is -0.273. The number of hydrogen-bond donors (Lipinski definition) is 1. The molecular weight excluding hydrogens is 677 g/mol. The fraction of sp³-hybridized carbons (Fsp3) is 0.474. The first-order chi connectivity index (χ1) is 24.3. The van der Waals surface area contributed by atoms with Crippen LogP contribution in [-0.2, 0) is 16.7 Å². The van der Waals surface area contributed by atoms with Crippen LogP contribution in [0.15, 0.2) is 54.6 Å². The van der Waals surface area contributed by atoms with E-state index in [-0.39, 0.29) is 11.3 Å². The topological polar surface area (TPSA) is 90.3 Å². The summed E-state index contributed by atoms with van der Waals surface area (Å²) in [6.45, 7) is 8.16. The van der Waals surface area contributed by atoms with E-state index in [0.29, 0.717) is 65.2 Å². The zero-order valence-corrected chi connectivity index (χ0v) is 30.9. The van der Waals surface area contributed by atoms with Crippen molar-refractivity contribution in [3.05, 3.63) is 75.8 Å². The smallest absolute Gasteiger partial charge is 0.254 e. The maximum atomic E-state index is 14.0. The maximum Gasteiger partial charge on any atom is 0.254 e. The van der Waals surface area contributed by atoms with Crippen LogP contribution in [0.3, 0.4) is 0 Å². The van der Waals surface area contributed by atoms with Crippen molar-refractivity contribution in [2.75, 3.05) is 72.6 Å². The van der Waals surface area contributed by atoms with Gasteiger partial charge in [-0.25, -0.2) is 4.98 Å². The number of hydrogen-bond acceptors (Lipinski definition) is 8. The lowest BCUT2D eigenvalue weighted by atomic mass is 9.76. The highest BCUT2D eigenvalue weighted by atomic mass is 35.5. The van der Waals surface area contributed by atoms with E-state index in [4.69, 9.17) is 47.1 Å². The first-order valence-electron chi connectivity index (χ1n) is 17.4. The van der Waals surface area contributed by atoms with Crippen molar-refractivity contribution in [3.8, 4) is 17.2 Å². The molecular formula is C38H47Cl2N5O5. The lowest BCUT2D eigenvalue weighted by Gasteiger charge is -2.36. The molecule has 4 aromatic rings. The number of likely N-dealkylation sites (tertiary alicyclic amines) is 2. The van der Waals surface area contributed by atoms with E-state index in [1.165, 1.54) is 0 Å². The van der Waals surface area contributed by atoms with Crippen LogP contribution in [-0.4, -0.2) is 98.6 Å². The molecule has 12 heteroatoms. The number of imidazole rings is 1. The Labute approximate surface area is 304 Å². The molecule has 50 heavy (non-hydrogen) atoms. The molecule has 3 heterocycles. The Morgan fingerprint density at radius 1 is 0.940 bits per heavy atom. The van der Waals surface area contributed by atoms with Crippen molar-refractivity contribution >= 4 is 46.1 Å². The second-order valence-corrected chi connectivity index (χ2v) is 13.9. The molecule has 2 aliphatic rings. The molecule has 1 atom stereocenters. The van der Waals surface area contributed by atoms with Gasteiger partial charge < -0.3 is 38.6 Å². The highest BCUT2D eigenvalue weighted by Gasteiger charge is 2.42. The number of ether oxygens (including phenoxy) is 4. The van der Waals surface area contributed by atoms with Crippen LogP contribution >= 0.6 is 23.2 Å². The van der Waals surface area contributed by atoms with E-state index >= 15 is 0 Å². The zero-order valence-electron chi connectivity index (χ0n) is 29.3. The number of anilines is 1. The lowest BCUT2D eigenvalue weighted by molar-refractivity contribution is 0.0779. The van der Waals surface area contributed by atoms with Crippen molar-refractivity contribution in [3.63, 3.8) is 0 Å². The first kappa shape index (κ1) is 36.1. The number of nitrogens with zero attached hydrogens (tertiary/aromatic N) is 4. The van der Waals surface area contributed by atoms with E-state index in [1.807, 2.05) is 30.0 Å². The molecule has 10 nitrogen and oxygen atoms in total. The van der Waals surface area contributed by atoms with Crippen molar-refractivity contribution < 1.29 is 23.7 Å². The molecule has 0 bridgehead atoms. The van der Waals surface area contributed by atoms with Gasteiger partial charge in [-0.1, -0.05) is 41.4 Å². The number of fused-ring (bicyclic) bond motifs is 1. The van der Waals surface area contributed by atoms with Crippen LogP contribution in [0.4, 0.5) is 5.95 Å². The van der Waals surface area contributed by atoms with Gasteiger partial charge in [-0.3, -0.25) is 4.79 Å². The molecule has 1 aromatic heterocycles. The Morgan fingerprint density at radius 2 is 1.68 bits per heavy atom. The fourth-order valence-electron chi connectivity index (χ4n) is 7.41. The summed E-state index contributed by atoms with van der Waals surface area (Å²) in [6.07, 6.45) is 3.73. The summed E-state index contributed by atoms with van der Waals surface area (Å²) in [7, 11) is 4.65. The van der Waals surface area contributed by atoms with Gasteiger partial charge in [0.05, 0.1) is 49.0 Å². The summed E-state index contributed by atoms with van der Waals surface area (Å²) in [4.78, 5) is 23.4. The third-order valence-electron chi connectivity index (χ3n) is 10.2. The number of aromatic nitrogens is 2. The Morgan fingerprint density at radius 3 is 2.36 bits per heavy atom. The number of halogens is 2. The summed E-state index contributed by atoms with van der Waals surface area (Å²) in [5.41, 5.74) is 3.44. The molecule has 2 saturated heterocycles. The minimum absolute atomic E-state index is 0.0784. The van der Waals surface area contributed by atoms with Crippen molar-refractivity contribution in [1.82, 2.24) is 19.4 Å². The molecule has 0 spiro atoms. The van der Waals surface area contributed by atoms with Crippen LogP contribution in [0.25, 0.3) is 11.0 Å². The van der Waals surface area contributed by atoms with Gasteiger partial charge in [0, 0.05) is 56.4 Å². The fourth-order valence-corrected chi connectivity index (χ4v) is 7.71. The van der Waals surface area contributed by atoms with Gasteiger partial charge in [0.15, 0.2) is 11.5 Å². The third-order valence-corrected chi connectivity index (χ3v) is 11.0. The number of rotatable bonds is 14. The number of piperidine rings is 1.